The Labute approximate surface area is 200 Å². The average molecular weight is 470 g/mol. The first-order valence-electron chi connectivity index (χ1n) is 12.5. The molecule has 0 amide bonds. The van der Waals surface area contributed by atoms with Gasteiger partial charge in [0.15, 0.2) is 0 Å². The summed E-state index contributed by atoms with van der Waals surface area (Å²) >= 11 is 1.80. The van der Waals surface area contributed by atoms with Crippen molar-refractivity contribution in [3.63, 3.8) is 0 Å². The first-order valence-corrected chi connectivity index (χ1v) is 13.3. The number of nitrogens with zero attached hydrogens (tertiary/aromatic N) is 3. The number of hydrogen-bond acceptors (Lipinski definition) is 7. The Hall–Kier alpha value is -1.72. The molecule has 2 aliphatic carbocycles. The van der Waals surface area contributed by atoms with E-state index in [1.54, 1.807) is 18.4 Å². The van der Waals surface area contributed by atoms with Gasteiger partial charge >= 0.3 is 0 Å². The fourth-order valence-electron chi connectivity index (χ4n) is 6.28. The second kappa shape index (κ2) is 9.87. The van der Waals surface area contributed by atoms with Crippen molar-refractivity contribution < 1.29 is 14.2 Å². The van der Waals surface area contributed by atoms with Gasteiger partial charge in [-0.25, -0.2) is 4.98 Å². The maximum atomic E-state index is 9.41. The highest BCUT2D eigenvalue weighted by Crippen LogP contribution is 2.49. The third-order valence-corrected chi connectivity index (χ3v) is 9.39. The first-order chi connectivity index (χ1) is 16.2. The number of fused-ring (bicyclic) bond motifs is 3. The summed E-state index contributed by atoms with van der Waals surface area (Å²) in [6.45, 7) is 6.16. The maximum absolute atomic E-state index is 9.41. The number of thiophene rings is 1. The summed E-state index contributed by atoms with van der Waals surface area (Å²) in [4.78, 5) is 9.83. The number of pyridine rings is 1. The Morgan fingerprint density at radius 2 is 2.09 bits per heavy atom. The zero-order valence-corrected chi connectivity index (χ0v) is 20.7. The zero-order valence-electron chi connectivity index (χ0n) is 19.8. The predicted octanol–water partition coefficient (Wildman–Crippen LogP) is 5.06. The van der Waals surface area contributed by atoms with Crippen LogP contribution in [0.5, 0.6) is 5.75 Å². The van der Waals surface area contributed by atoms with Gasteiger partial charge in [0, 0.05) is 36.8 Å². The van der Waals surface area contributed by atoms with Crippen LogP contribution in [0.1, 0.15) is 68.2 Å². The molecular formula is C26H35N3O3S. The molecular weight excluding hydrogens is 434 g/mol. The van der Waals surface area contributed by atoms with E-state index in [1.165, 1.54) is 35.1 Å². The minimum atomic E-state index is -0.363. The summed E-state index contributed by atoms with van der Waals surface area (Å²) in [5.41, 5.74) is 1.67. The minimum Gasteiger partial charge on any atom is -0.490 e. The molecule has 1 saturated heterocycles. The number of methoxy groups -OCH3 is 1. The number of hydrogen-bond donors (Lipinski definition) is 0. The van der Waals surface area contributed by atoms with Crippen LogP contribution in [0.4, 0.5) is 0 Å². The average Bonchev–Trinajstić information content (AvgIpc) is 3.43. The Balaban J connectivity index is 1.34. The van der Waals surface area contributed by atoms with Crippen LogP contribution in [-0.4, -0.2) is 61.0 Å². The van der Waals surface area contributed by atoms with Crippen molar-refractivity contribution in [3.05, 3.63) is 22.7 Å². The van der Waals surface area contributed by atoms with Crippen LogP contribution in [-0.2, 0) is 15.9 Å². The van der Waals surface area contributed by atoms with Crippen molar-refractivity contribution in [3.8, 4) is 11.8 Å². The van der Waals surface area contributed by atoms with E-state index < -0.39 is 0 Å². The summed E-state index contributed by atoms with van der Waals surface area (Å²) in [7, 11) is 1.63. The number of morpholine rings is 1. The van der Waals surface area contributed by atoms with E-state index in [-0.39, 0.29) is 12.2 Å². The van der Waals surface area contributed by atoms with Crippen molar-refractivity contribution in [2.24, 2.45) is 0 Å². The Kier molecular flexibility index (Phi) is 6.89. The molecule has 0 spiro atoms. The first kappa shape index (κ1) is 23.0. The van der Waals surface area contributed by atoms with Gasteiger partial charge in [-0.05, 0) is 68.9 Å². The number of ether oxygens (including phenoxy) is 3. The molecule has 178 valence electrons. The molecule has 2 aromatic heterocycles. The molecule has 2 fully saturated rings. The highest BCUT2D eigenvalue weighted by Gasteiger charge is 2.40. The normalized spacial score (nSPS) is 29.0. The molecule has 0 radical (unpaired) electrons. The van der Waals surface area contributed by atoms with Crippen LogP contribution < -0.4 is 4.74 Å². The van der Waals surface area contributed by atoms with Crippen LogP contribution >= 0.6 is 11.3 Å². The van der Waals surface area contributed by atoms with Crippen molar-refractivity contribution in [1.29, 1.82) is 5.26 Å². The smallest absolute Gasteiger partial charge is 0.144 e. The standard InChI is InChI=1S/C26H35N3O3S/c1-3-26(29-12-14-31-15-13-29)9-6-19(7-10-26)32-21-8-11-28-25-24(21)23-18(4-5-22(23)33-25)16-20(17-27)30-2/h8,11,18-20H,3-7,9-10,12-16H2,1-2H3/t18-,19?,20-,26?/m1/s1. The number of aryl methyl sites for hydroxylation is 1. The molecule has 0 aromatic carbocycles. The molecule has 2 aromatic rings. The van der Waals surface area contributed by atoms with Gasteiger partial charge < -0.3 is 14.2 Å². The highest BCUT2D eigenvalue weighted by molar-refractivity contribution is 7.19. The SMILES string of the molecule is CCC1(N2CCOCC2)CCC(Oc2ccnc3sc4c(c23)[C@@H](C[C@H](C#N)OC)CC4)CC1. The van der Waals surface area contributed by atoms with Crippen LogP contribution in [0.15, 0.2) is 12.3 Å². The Morgan fingerprint density at radius 3 is 2.79 bits per heavy atom. The van der Waals surface area contributed by atoms with Crippen LogP contribution in [0.2, 0.25) is 0 Å². The van der Waals surface area contributed by atoms with Gasteiger partial charge in [0.1, 0.15) is 16.7 Å². The zero-order chi connectivity index (χ0) is 22.8. The lowest BCUT2D eigenvalue weighted by Crippen LogP contribution is -2.55. The lowest BCUT2D eigenvalue weighted by Gasteiger charge is -2.49. The van der Waals surface area contributed by atoms with Gasteiger partial charge in [-0.3, -0.25) is 4.90 Å². The second-order valence-corrected chi connectivity index (χ2v) is 10.8. The molecule has 7 heteroatoms. The maximum Gasteiger partial charge on any atom is 0.144 e. The number of rotatable bonds is 7. The minimum absolute atomic E-state index is 0.248. The van der Waals surface area contributed by atoms with Crippen LogP contribution in [0, 0.1) is 11.3 Å². The van der Waals surface area contributed by atoms with E-state index >= 15 is 0 Å². The number of nitriles is 1. The van der Waals surface area contributed by atoms with Gasteiger partial charge in [-0.15, -0.1) is 11.3 Å². The lowest BCUT2D eigenvalue weighted by molar-refractivity contribution is -0.0510. The van der Waals surface area contributed by atoms with Gasteiger partial charge in [0.2, 0.25) is 0 Å². The molecule has 1 aliphatic heterocycles. The van der Waals surface area contributed by atoms with E-state index in [4.69, 9.17) is 14.2 Å². The van der Waals surface area contributed by atoms with Gasteiger partial charge in [-0.1, -0.05) is 6.92 Å². The van der Waals surface area contributed by atoms with Crippen molar-refractivity contribution in [2.45, 2.75) is 82.0 Å². The van der Waals surface area contributed by atoms with Gasteiger partial charge in [0.25, 0.3) is 0 Å². The van der Waals surface area contributed by atoms with Crippen molar-refractivity contribution in [1.82, 2.24) is 9.88 Å². The summed E-state index contributed by atoms with van der Waals surface area (Å²) in [5.74, 6) is 1.32. The van der Waals surface area contributed by atoms with E-state index in [0.29, 0.717) is 11.5 Å². The molecule has 0 N–H and O–H groups in total. The second-order valence-electron chi connectivity index (χ2n) is 9.75. The summed E-state index contributed by atoms with van der Waals surface area (Å²) < 4.78 is 17.7. The molecule has 3 heterocycles. The molecule has 33 heavy (non-hydrogen) atoms. The summed E-state index contributed by atoms with van der Waals surface area (Å²) in [5, 5.41) is 10.6. The Bertz CT molecular complexity index is 1000. The highest BCUT2D eigenvalue weighted by atomic mass is 32.1. The van der Waals surface area contributed by atoms with Crippen LogP contribution in [0.3, 0.4) is 0 Å². The van der Waals surface area contributed by atoms with Crippen molar-refractivity contribution >= 4 is 21.6 Å². The molecule has 5 rings (SSSR count). The van der Waals surface area contributed by atoms with E-state index in [2.05, 4.69) is 22.9 Å². The molecule has 0 bridgehead atoms. The van der Waals surface area contributed by atoms with E-state index in [1.807, 2.05) is 12.3 Å². The third kappa shape index (κ3) is 4.39. The lowest BCUT2D eigenvalue weighted by atomic mass is 9.77. The topological polar surface area (TPSA) is 67.6 Å². The molecule has 0 unspecified atom stereocenters. The molecule has 1 saturated carbocycles. The summed E-state index contributed by atoms with van der Waals surface area (Å²) in [6.07, 6.45) is 10.4. The Morgan fingerprint density at radius 1 is 1.30 bits per heavy atom. The molecule has 6 nitrogen and oxygen atoms in total. The quantitative estimate of drug-likeness (QED) is 0.565. The molecule has 3 aliphatic rings. The van der Waals surface area contributed by atoms with E-state index in [9.17, 15) is 5.26 Å². The summed E-state index contributed by atoms with van der Waals surface area (Å²) in [6, 6.07) is 4.34. The third-order valence-electron chi connectivity index (χ3n) is 8.22. The fraction of sp³-hybridized carbons (Fsp3) is 0.692. The monoisotopic (exact) mass is 469 g/mol. The largest absolute Gasteiger partial charge is 0.490 e. The van der Waals surface area contributed by atoms with Gasteiger partial charge in [-0.2, -0.15) is 5.26 Å². The predicted molar refractivity (Wildman–Crippen MR) is 130 cm³/mol. The van der Waals surface area contributed by atoms with E-state index in [0.717, 1.165) is 69.0 Å². The van der Waals surface area contributed by atoms with Gasteiger partial charge in [0.05, 0.1) is 30.8 Å². The molecule has 2 atom stereocenters. The van der Waals surface area contributed by atoms with Crippen LogP contribution in [0.25, 0.3) is 10.2 Å². The fourth-order valence-corrected chi connectivity index (χ4v) is 7.54. The van der Waals surface area contributed by atoms with Crippen molar-refractivity contribution in [2.75, 3.05) is 33.4 Å². The number of aromatic nitrogens is 1.